The Bertz CT molecular complexity index is 688. The quantitative estimate of drug-likeness (QED) is 0.687. The number of hydrogen-bond donors (Lipinski definition) is 3. The lowest BCUT2D eigenvalue weighted by Gasteiger charge is -2.40. The molecule has 1 aliphatic heterocycles. The molecule has 2 aromatic rings. The number of aromatic nitrogens is 2. The molecule has 0 unspecified atom stereocenters. The molecule has 1 aromatic carbocycles. The smallest absolute Gasteiger partial charge is 0.222 e. The highest BCUT2D eigenvalue weighted by Crippen LogP contribution is 2.20. The molecular weight excluding hydrogens is 306 g/mol. The SMILES string of the molecule is CNC1CN(c2cc(COCc3ccccc3CO)nc(N)n2)C1. The molecule has 0 saturated carbocycles. The van der Waals surface area contributed by atoms with Gasteiger partial charge in [0.15, 0.2) is 0 Å². The van der Waals surface area contributed by atoms with Crippen LogP contribution in [0.4, 0.5) is 11.8 Å². The van der Waals surface area contributed by atoms with E-state index >= 15 is 0 Å². The van der Waals surface area contributed by atoms with Gasteiger partial charge in [-0.2, -0.15) is 4.98 Å². The summed E-state index contributed by atoms with van der Waals surface area (Å²) in [6.07, 6.45) is 0. The van der Waals surface area contributed by atoms with Crippen LogP contribution in [0.5, 0.6) is 0 Å². The van der Waals surface area contributed by atoms with E-state index in [0.717, 1.165) is 35.7 Å². The van der Waals surface area contributed by atoms with Crippen LogP contribution >= 0.6 is 0 Å². The van der Waals surface area contributed by atoms with Gasteiger partial charge in [-0.25, -0.2) is 4.98 Å². The third-order valence-electron chi connectivity index (χ3n) is 4.19. The number of benzene rings is 1. The normalized spacial score (nSPS) is 14.7. The van der Waals surface area contributed by atoms with Crippen molar-refractivity contribution in [2.45, 2.75) is 25.9 Å². The molecule has 1 saturated heterocycles. The van der Waals surface area contributed by atoms with Crippen LogP contribution in [0.2, 0.25) is 0 Å². The Labute approximate surface area is 141 Å². The van der Waals surface area contributed by atoms with Crippen LogP contribution in [-0.2, 0) is 24.6 Å². The predicted octanol–water partition coefficient (Wildman–Crippen LogP) is 0.676. The maximum Gasteiger partial charge on any atom is 0.222 e. The Hall–Kier alpha value is -2.22. The fourth-order valence-corrected chi connectivity index (χ4v) is 2.71. The van der Waals surface area contributed by atoms with Crippen LogP contribution in [0, 0.1) is 0 Å². The van der Waals surface area contributed by atoms with Crippen molar-refractivity contribution in [1.82, 2.24) is 15.3 Å². The first-order valence-electron chi connectivity index (χ1n) is 8.00. The summed E-state index contributed by atoms with van der Waals surface area (Å²) >= 11 is 0. The first-order valence-corrected chi connectivity index (χ1v) is 8.00. The lowest BCUT2D eigenvalue weighted by atomic mass is 10.1. The highest BCUT2D eigenvalue weighted by Gasteiger charge is 2.26. The summed E-state index contributed by atoms with van der Waals surface area (Å²) in [6.45, 7) is 2.60. The van der Waals surface area contributed by atoms with Gasteiger partial charge in [0.05, 0.1) is 25.5 Å². The number of nitrogens with zero attached hydrogens (tertiary/aromatic N) is 3. The van der Waals surface area contributed by atoms with Crippen LogP contribution in [0.25, 0.3) is 0 Å². The molecule has 4 N–H and O–H groups in total. The number of aliphatic hydroxyl groups excluding tert-OH is 1. The Morgan fingerprint density at radius 3 is 2.71 bits per heavy atom. The molecule has 0 radical (unpaired) electrons. The van der Waals surface area contributed by atoms with E-state index in [1.54, 1.807) is 0 Å². The maximum absolute atomic E-state index is 9.34. The minimum atomic E-state index is 0.00568. The predicted molar refractivity (Wildman–Crippen MR) is 92.4 cm³/mol. The molecule has 0 amide bonds. The molecule has 128 valence electrons. The van der Waals surface area contributed by atoms with Gasteiger partial charge in [0, 0.05) is 25.2 Å². The minimum absolute atomic E-state index is 0.00568. The molecular formula is C17H23N5O2. The van der Waals surface area contributed by atoms with E-state index in [4.69, 9.17) is 10.5 Å². The van der Waals surface area contributed by atoms with Gasteiger partial charge >= 0.3 is 0 Å². The molecule has 1 aliphatic rings. The van der Waals surface area contributed by atoms with Crippen molar-refractivity contribution in [3.8, 4) is 0 Å². The summed E-state index contributed by atoms with van der Waals surface area (Å²) in [5.74, 6) is 1.10. The third-order valence-corrected chi connectivity index (χ3v) is 4.19. The molecule has 1 fully saturated rings. The second-order valence-electron chi connectivity index (χ2n) is 5.89. The standard InChI is InChI=1S/C17H23N5O2/c1-19-15-7-22(8-15)16-6-14(20-17(18)21-16)11-24-10-13-5-3-2-4-12(13)9-23/h2-6,15,19,23H,7-11H2,1H3,(H2,18,20,21). The molecule has 0 aliphatic carbocycles. The molecule has 3 rings (SSSR count). The minimum Gasteiger partial charge on any atom is -0.392 e. The van der Waals surface area contributed by atoms with Gasteiger partial charge in [0.1, 0.15) is 5.82 Å². The monoisotopic (exact) mass is 329 g/mol. The Balaban J connectivity index is 1.60. The van der Waals surface area contributed by atoms with Gasteiger partial charge in [0.25, 0.3) is 0 Å². The van der Waals surface area contributed by atoms with Gasteiger partial charge in [-0.1, -0.05) is 24.3 Å². The van der Waals surface area contributed by atoms with Crippen molar-refractivity contribution in [3.63, 3.8) is 0 Å². The van der Waals surface area contributed by atoms with Gasteiger partial charge in [0.2, 0.25) is 5.95 Å². The fourth-order valence-electron chi connectivity index (χ4n) is 2.71. The number of aliphatic hydroxyl groups is 1. The van der Waals surface area contributed by atoms with Crippen LogP contribution in [0.3, 0.4) is 0 Å². The molecule has 0 spiro atoms. The van der Waals surface area contributed by atoms with E-state index in [1.165, 1.54) is 0 Å². The fraction of sp³-hybridized carbons (Fsp3) is 0.412. The van der Waals surface area contributed by atoms with Gasteiger partial charge in [-0.05, 0) is 18.2 Å². The number of nitrogens with two attached hydrogens (primary N) is 1. The lowest BCUT2D eigenvalue weighted by molar-refractivity contribution is 0.103. The molecule has 2 heterocycles. The second-order valence-corrected chi connectivity index (χ2v) is 5.89. The van der Waals surface area contributed by atoms with E-state index < -0.39 is 0 Å². The molecule has 0 atom stereocenters. The van der Waals surface area contributed by atoms with E-state index in [9.17, 15) is 5.11 Å². The summed E-state index contributed by atoms with van der Waals surface area (Å²) in [6, 6.07) is 10.1. The van der Waals surface area contributed by atoms with Crippen molar-refractivity contribution in [3.05, 3.63) is 47.2 Å². The number of ether oxygens (including phenoxy) is 1. The number of nitrogens with one attached hydrogen (secondary N) is 1. The topological polar surface area (TPSA) is 96.5 Å². The van der Waals surface area contributed by atoms with Gasteiger partial charge in [-0.3, -0.25) is 0 Å². The average Bonchev–Trinajstić information content (AvgIpc) is 2.54. The molecule has 24 heavy (non-hydrogen) atoms. The van der Waals surface area contributed by atoms with Crippen LogP contribution in [-0.4, -0.2) is 41.3 Å². The van der Waals surface area contributed by atoms with Gasteiger partial charge in [-0.15, -0.1) is 0 Å². The van der Waals surface area contributed by atoms with Crippen LogP contribution < -0.4 is 16.0 Å². The first-order chi connectivity index (χ1) is 11.7. The molecule has 7 heteroatoms. The molecule has 0 bridgehead atoms. The Morgan fingerprint density at radius 2 is 2.00 bits per heavy atom. The zero-order valence-electron chi connectivity index (χ0n) is 13.8. The second kappa shape index (κ2) is 7.57. The highest BCUT2D eigenvalue weighted by atomic mass is 16.5. The maximum atomic E-state index is 9.34. The van der Waals surface area contributed by atoms with Crippen molar-refractivity contribution < 1.29 is 9.84 Å². The number of rotatable bonds is 7. The largest absolute Gasteiger partial charge is 0.392 e. The summed E-state index contributed by atoms with van der Waals surface area (Å²) in [4.78, 5) is 10.7. The van der Waals surface area contributed by atoms with Gasteiger partial charge < -0.3 is 25.8 Å². The van der Waals surface area contributed by atoms with Crippen molar-refractivity contribution >= 4 is 11.8 Å². The third kappa shape index (κ3) is 3.81. The summed E-state index contributed by atoms with van der Waals surface area (Å²) in [7, 11) is 1.96. The van der Waals surface area contributed by atoms with E-state index in [1.807, 2.05) is 37.4 Å². The van der Waals surface area contributed by atoms with Crippen LogP contribution in [0.1, 0.15) is 16.8 Å². The first kappa shape index (κ1) is 16.6. The molecule has 1 aromatic heterocycles. The lowest BCUT2D eigenvalue weighted by Crippen LogP contribution is -2.57. The van der Waals surface area contributed by atoms with Crippen molar-refractivity contribution in [2.75, 3.05) is 30.8 Å². The number of nitrogen functional groups attached to an aromatic ring is 1. The Morgan fingerprint density at radius 1 is 1.25 bits per heavy atom. The van der Waals surface area contributed by atoms with Crippen LogP contribution in [0.15, 0.2) is 30.3 Å². The average molecular weight is 329 g/mol. The summed E-state index contributed by atoms with van der Waals surface area (Å²) < 4.78 is 5.74. The number of hydrogen-bond acceptors (Lipinski definition) is 7. The summed E-state index contributed by atoms with van der Waals surface area (Å²) in [5.41, 5.74) is 8.42. The van der Waals surface area contributed by atoms with E-state index in [-0.39, 0.29) is 12.6 Å². The number of likely N-dealkylation sites (N-methyl/N-ethyl adjacent to an activating group) is 1. The summed E-state index contributed by atoms with van der Waals surface area (Å²) in [5, 5.41) is 12.6. The van der Waals surface area contributed by atoms with Crippen molar-refractivity contribution in [1.29, 1.82) is 0 Å². The zero-order valence-corrected chi connectivity index (χ0v) is 13.8. The highest BCUT2D eigenvalue weighted by molar-refractivity contribution is 5.46. The van der Waals surface area contributed by atoms with E-state index in [0.29, 0.717) is 19.3 Å². The van der Waals surface area contributed by atoms with E-state index in [2.05, 4.69) is 20.2 Å². The Kier molecular flexibility index (Phi) is 5.24. The number of anilines is 2. The van der Waals surface area contributed by atoms with Crippen molar-refractivity contribution in [2.24, 2.45) is 0 Å². The zero-order chi connectivity index (χ0) is 16.9. The molecule has 7 nitrogen and oxygen atoms in total.